The van der Waals surface area contributed by atoms with Crippen molar-refractivity contribution in [1.29, 1.82) is 0 Å². The third kappa shape index (κ3) is 4.30. The Morgan fingerprint density at radius 2 is 2.03 bits per heavy atom. The summed E-state index contributed by atoms with van der Waals surface area (Å²) >= 11 is 12.1. The first-order valence-electron chi connectivity index (χ1n) is 9.72. The van der Waals surface area contributed by atoms with Crippen LogP contribution in [0.2, 0.25) is 10.0 Å². The molecule has 2 aliphatic rings. The largest absolute Gasteiger partial charge is 0.490 e. The Balaban J connectivity index is 1.49. The van der Waals surface area contributed by atoms with E-state index in [1.165, 1.54) is 18.2 Å². The third-order valence-corrected chi connectivity index (χ3v) is 6.38. The number of rotatable bonds is 4. The van der Waals surface area contributed by atoms with Crippen LogP contribution in [0.15, 0.2) is 24.3 Å². The number of benzene rings is 2. The molecule has 0 aromatic heterocycles. The van der Waals surface area contributed by atoms with Crippen LogP contribution in [-0.2, 0) is 11.2 Å². The minimum Gasteiger partial charge on any atom is -0.490 e. The van der Waals surface area contributed by atoms with Crippen molar-refractivity contribution in [3.05, 3.63) is 51.5 Å². The number of aliphatic hydroxyl groups excluding tert-OH is 1. The van der Waals surface area contributed by atoms with E-state index in [9.17, 15) is 23.8 Å². The first kappa shape index (κ1) is 22.1. The molecular weight excluding hydrogens is 453 g/mol. The number of carbonyl (C=O) groups excluding carboxylic acids is 1. The summed E-state index contributed by atoms with van der Waals surface area (Å²) in [6, 6.07) is 5.09. The smallest absolute Gasteiger partial charge is 0.224 e. The molecule has 4 rings (SSSR count). The molecule has 2 aliphatic heterocycles. The van der Waals surface area contributed by atoms with Crippen LogP contribution in [0.5, 0.6) is 5.75 Å². The fraction of sp³-hybridized carbons (Fsp3) is 0.381. The van der Waals surface area contributed by atoms with Crippen molar-refractivity contribution in [1.82, 2.24) is 0 Å². The zero-order valence-electron chi connectivity index (χ0n) is 16.3. The molecule has 31 heavy (non-hydrogen) atoms. The molecule has 0 saturated carbocycles. The Hall–Kier alpha value is -2.13. The summed E-state index contributed by atoms with van der Waals surface area (Å²) < 4.78 is 33.2. The number of aliphatic hydroxyl groups is 2. The summed E-state index contributed by atoms with van der Waals surface area (Å²) in [5, 5.41) is 24.1. The molecule has 0 spiro atoms. The van der Waals surface area contributed by atoms with Crippen LogP contribution in [0.25, 0.3) is 0 Å². The van der Waals surface area contributed by atoms with E-state index in [0.29, 0.717) is 24.2 Å². The summed E-state index contributed by atoms with van der Waals surface area (Å²) in [5.74, 6) is -1.34. The first-order valence-corrected chi connectivity index (χ1v) is 10.5. The van der Waals surface area contributed by atoms with E-state index in [-0.39, 0.29) is 53.4 Å². The molecule has 0 aliphatic carbocycles. The number of halogens is 4. The zero-order valence-corrected chi connectivity index (χ0v) is 17.8. The van der Waals surface area contributed by atoms with E-state index in [4.69, 9.17) is 27.9 Å². The molecule has 2 aromatic rings. The van der Waals surface area contributed by atoms with Gasteiger partial charge in [0.25, 0.3) is 0 Å². The molecule has 3 N–H and O–H groups in total. The molecule has 1 amide bonds. The van der Waals surface area contributed by atoms with Gasteiger partial charge in [0.15, 0.2) is 0 Å². The Labute approximate surface area is 187 Å². The highest BCUT2D eigenvalue weighted by Gasteiger charge is 2.42. The Morgan fingerprint density at radius 3 is 2.74 bits per heavy atom. The van der Waals surface area contributed by atoms with E-state index >= 15 is 0 Å². The van der Waals surface area contributed by atoms with E-state index < -0.39 is 23.3 Å². The number of hydrogen-bond acceptors (Lipinski definition) is 5. The number of ether oxygens (including phenoxy) is 1. The topological polar surface area (TPSA) is 82.0 Å². The molecule has 0 radical (unpaired) electrons. The molecule has 1 fully saturated rings. The monoisotopic (exact) mass is 472 g/mol. The van der Waals surface area contributed by atoms with E-state index in [0.717, 1.165) is 6.07 Å². The van der Waals surface area contributed by atoms with Crippen LogP contribution in [0, 0.1) is 11.6 Å². The van der Waals surface area contributed by atoms with Crippen molar-refractivity contribution in [2.24, 2.45) is 0 Å². The SMILES string of the molecule is O=C1CCc2c(OC[C@]3(O)CCN(c4ccc(F)cc4Cl)C[C@H]3O)cc(F)c(Cl)c2N1. The minimum atomic E-state index is -1.59. The highest BCUT2D eigenvalue weighted by atomic mass is 35.5. The van der Waals surface area contributed by atoms with Gasteiger partial charge in [0.2, 0.25) is 5.91 Å². The van der Waals surface area contributed by atoms with E-state index in [1.54, 1.807) is 4.90 Å². The fourth-order valence-electron chi connectivity index (χ4n) is 3.88. The molecule has 10 heteroatoms. The highest BCUT2D eigenvalue weighted by Crippen LogP contribution is 2.40. The van der Waals surface area contributed by atoms with Gasteiger partial charge < -0.3 is 25.2 Å². The van der Waals surface area contributed by atoms with E-state index in [2.05, 4.69) is 5.32 Å². The van der Waals surface area contributed by atoms with Crippen LogP contribution in [-0.4, -0.2) is 47.5 Å². The van der Waals surface area contributed by atoms with Gasteiger partial charge in [-0.25, -0.2) is 8.78 Å². The van der Waals surface area contributed by atoms with Gasteiger partial charge in [-0.1, -0.05) is 23.2 Å². The van der Waals surface area contributed by atoms with Crippen LogP contribution < -0.4 is 15.0 Å². The number of piperidine rings is 1. The number of amides is 1. The maximum Gasteiger partial charge on any atom is 0.224 e. The van der Waals surface area contributed by atoms with Gasteiger partial charge in [0.05, 0.1) is 16.4 Å². The van der Waals surface area contributed by atoms with Crippen LogP contribution in [0.4, 0.5) is 20.2 Å². The maximum atomic E-state index is 14.2. The number of nitrogens with one attached hydrogen (secondary N) is 1. The van der Waals surface area contributed by atoms with Gasteiger partial charge in [0, 0.05) is 31.1 Å². The van der Waals surface area contributed by atoms with Gasteiger partial charge in [0.1, 0.15) is 40.7 Å². The molecule has 0 bridgehead atoms. The van der Waals surface area contributed by atoms with Gasteiger partial charge >= 0.3 is 0 Å². The Morgan fingerprint density at radius 1 is 1.26 bits per heavy atom. The fourth-order valence-corrected chi connectivity index (χ4v) is 4.38. The van der Waals surface area contributed by atoms with Crippen molar-refractivity contribution in [2.75, 3.05) is 29.9 Å². The lowest BCUT2D eigenvalue weighted by molar-refractivity contribution is -0.116. The lowest BCUT2D eigenvalue weighted by Gasteiger charge is -2.43. The first-order chi connectivity index (χ1) is 14.7. The number of anilines is 2. The van der Waals surface area contributed by atoms with Crippen LogP contribution >= 0.6 is 23.2 Å². The predicted molar refractivity (Wildman–Crippen MR) is 113 cm³/mol. The minimum absolute atomic E-state index is 0.0500. The van der Waals surface area contributed by atoms with Crippen molar-refractivity contribution < 1.29 is 28.5 Å². The molecule has 166 valence electrons. The average molecular weight is 473 g/mol. The quantitative estimate of drug-likeness (QED) is 0.633. The number of nitrogens with zero attached hydrogens (tertiary/aromatic N) is 1. The standard InChI is InChI=1S/C21H20Cl2F2N2O4/c22-13-7-11(24)1-3-15(13)27-6-5-21(30,17(28)9-27)10-31-16-8-14(25)19(23)20-12(16)2-4-18(29)26-20/h1,3,7-8,17,28,30H,2,4-6,9-10H2,(H,26,29)/t17-,21-/m1/s1. The Bertz CT molecular complexity index is 1040. The van der Waals surface area contributed by atoms with Gasteiger partial charge in [-0.3, -0.25) is 4.79 Å². The Kier molecular flexibility index (Phi) is 6.00. The summed E-state index contributed by atoms with van der Waals surface area (Å²) in [6.07, 6.45) is -0.549. The molecule has 1 saturated heterocycles. The van der Waals surface area contributed by atoms with E-state index in [1.807, 2.05) is 0 Å². The van der Waals surface area contributed by atoms with Crippen molar-refractivity contribution in [3.63, 3.8) is 0 Å². The predicted octanol–water partition coefficient (Wildman–Crippen LogP) is 3.54. The second-order valence-corrected chi connectivity index (χ2v) is 8.56. The summed E-state index contributed by atoms with van der Waals surface area (Å²) in [6.45, 7) is 0.0976. The van der Waals surface area contributed by atoms with Crippen molar-refractivity contribution >= 4 is 40.5 Å². The van der Waals surface area contributed by atoms with Crippen LogP contribution in [0.3, 0.4) is 0 Å². The number of carbonyl (C=O) groups is 1. The molecule has 0 unspecified atom stereocenters. The molecule has 6 nitrogen and oxygen atoms in total. The van der Waals surface area contributed by atoms with Gasteiger partial charge in [-0.2, -0.15) is 0 Å². The van der Waals surface area contributed by atoms with Gasteiger partial charge in [-0.05, 0) is 31.0 Å². The number of hydrogen-bond donors (Lipinski definition) is 3. The normalized spacial score (nSPS) is 23.4. The van der Waals surface area contributed by atoms with Crippen LogP contribution in [0.1, 0.15) is 18.4 Å². The lowest BCUT2D eigenvalue weighted by Crippen LogP contribution is -2.58. The van der Waals surface area contributed by atoms with Gasteiger partial charge in [-0.15, -0.1) is 0 Å². The average Bonchev–Trinajstić information content (AvgIpc) is 2.72. The molecule has 2 heterocycles. The lowest BCUT2D eigenvalue weighted by atomic mass is 9.89. The highest BCUT2D eigenvalue weighted by molar-refractivity contribution is 6.34. The second kappa shape index (κ2) is 8.43. The number of β-amino-alcohol motifs (C(OH)–C–C–N with tert-alkyl or cyclic N) is 1. The second-order valence-electron chi connectivity index (χ2n) is 7.77. The van der Waals surface area contributed by atoms with Crippen molar-refractivity contribution in [2.45, 2.75) is 31.0 Å². The molecule has 2 aromatic carbocycles. The van der Waals surface area contributed by atoms with Crippen molar-refractivity contribution in [3.8, 4) is 5.75 Å². The zero-order chi connectivity index (χ0) is 22.3. The third-order valence-electron chi connectivity index (χ3n) is 5.71. The number of fused-ring (bicyclic) bond motifs is 1. The molecular formula is C21H20Cl2F2N2O4. The maximum absolute atomic E-state index is 14.2. The summed E-state index contributed by atoms with van der Waals surface area (Å²) in [5.41, 5.74) is -0.334. The molecule has 2 atom stereocenters. The summed E-state index contributed by atoms with van der Waals surface area (Å²) in [4.78, 5) is 13.4. The summed E-state index contributed by atoms with van der Waals surface area (Å²) in [7, 11) is 0.